The molecule has 116 valence electrons. The van der Waals surface area contributed by atoms with Gasteiger partial charge in [-0.3, -0.25) is 4.90 Å². The lowest BCUT2D eigenvalue weighted by Crippen LogP contribution is -2.62. The highest BCUT2D eigenvalue weighted by atomic mass is 16.5. The van der Waals surface area contributed by atoms with E-state index in [4.69, 9.17) is 4.74 Å². The zero-order valence-electron chi connectivity index (χ0n) is 13.4. The predicted octanol–water partition coefficient (Wildman–Crippen LogP) is 3.19. The smallest absolute Gasteiger partial charge is 0.119 e. The number of methoxy groups -OCH3 is 1. The second kappa shape index (κ2) is 6.37. The van der Waals surface area contributed by atoms with Gasteiger partial charge in [0.2, 0.25) is 0 Å². The van der Waals surface area contributed by atoms with Crippen molar-refractivity contribution in [2.45, 2.75) is 57.2 Å². The van der Waals surface area contributed by atoms with Gasteiger partial charge in [-0.2, -0.15) is 0 Å². The third kappa shape index (κ3) is 3.09. The second-order valence-corrected chi connectivity index (χ2v) is 6.65. The van der Waals surface area contributed by atoms with Crippen LogP contribution in [0.15, 0.2) is 24.3 Å². The SMILES string of the molecule is CCC1CN(Cc2cccc(OC)c2)C2(CCCC2)CN1. The number of nitrogens with zero attached hydrogens (tertiary/aromatic N) is 1. The van der Waals surface area contributed by atoms with Gasteiger partial charge in [0.25, 0.3) is 0 Å². The molecule has 0 radical (unpaired) electrons. The molecule has 1 saturated heterocycles. The van der Waals surface area contributed by atoms with Gasteiger partial charge in [-0.1, -0.05) is 31.9 Å². The van der Waals surface area contributed by atoms with Gasteiger partial charge >= 0.3 is 0 Å². The molecule has 1 aliphatic carbocycles. The summed E-state index contributed by atoms with van der Waals surface area (Å²) < 4.78 is 5.37. The normalized spacial score (nSPS) is 25.3. The van der Waals surface area contributed by atoms with Crippen LogP contribution in [0.4, 0.5) is 0 Å². The van der Waals surface area contributed by atoms with Crippen molar-refractivity contribution < 1.29 is 4.74 Å². The third-order valence-electron chi connectivity index (χ3n) is 5.37. The second-order valence-electron chi connectivity index (χ2n) is 6.65. The van der Waals surface area contributed by atoms with Crippen LogP contribution in [0.1, 0.15) is 44.6 Å². The molecule has 1 aliphatic heterocycles. The van der Waals surface area contributed by atoms with Crippen molar-refractivity contribution in [3.63, 3.8) is 0 Å². The van der Waals surface area contributed by atoms with E-state index in [0.717, 1.165) is 18.8 Å². The summed E-state index contributed by atoms with van der Waals surface area (Å²) in [6.45, 7) is 5.67. The van der Waals surface area contributed by atoms with Crippen molar-refractivity contribution in [1.82, 2.24) is 10.2 Å². The molecule has 3 nitrogen and oxygen atoms in total. The number of piperazine rings is 1. The Kier molecular flexibility index (Phi) is 4.51. The average Bonchev–Trinajstić information content (AvgIpc) is 2.99. The van der Waals surface area contributed by atoms with Gasteiger partial charge in [-0.25, -0.2) is 0 Å². The molecular weight excluding hydrogens is 260 g/mol. The van der Waals surface area contributed by atoms with Gasteiger partial charge in [0.1, 0.15) is 5.75 Å². The maximum Gasteiger partial charge on any atom is 0.119 e. The fourth-order valence-electron chi connectivity index (χ4n) is 3.99. The fourth-order valence-corrected chi connectivity index (χ4v) is 3.99. The highest BCUT2D eigenvalue weighted by Crippen LogP contribution is 2.38. The Balaban J connectivity index is 1.78. The maximum atomic E-state index is 5.37. The Morgan fingerprint density at radius 3 is 2.86 bits per heavy atom. The molecule has 1 atom stereocenters. The number of nitrogens with one attached hydrogen (secondary N) is 1. The van der Waals surface area contributed by atoms with Gasteiger partial charge in [0, 0.05) is 31.2 Å². The molecule has 1 saturated carbocycles. The average molecular weight is 288 g/mol. The minimum atomic E-state index is 0.398. The van der Waals surface area contributed by atoms with Crippen LogP contribution in [0.5, 0.6) is 5.75 Å². The Morgan fingerprint density at radius 1 is 1.33 bits per heavy atom. The van der Waals surface area contributed by atoms with Crippen molar-refractivity contribution in [3.05, 3.63) is 29.8 Å². The standard InChI is InChI=1S/C18H28N2O/c1-3-16-13-20(18(14-19-16)9-4-5-10-18)12-15-7-6-8-17(11-15)21-2/h6-8,11,16,19H,3-5,9-10,12-14H2,1-2H3. The minimum Gasteiger partial charge on any atom is -0.497 e. The summed E-state index contributed by atoms with van der Waals surface area (Å²) in [5.74, 6) is 0.968. The topological polar surface area (TPSA) is 24.5 Å². The third-order valence-corrected chi connectivity index (χ3v) is 5.37. The molecule has 0 bridgehead atoms. The van der Waals surface area contributed by atoms with Crippen molar-refractivity contribution in [2.75, 3.05) is 20.2 Å². The molecule has 3 heteroatoms. The molecular formula is C18H28N2O. The number of rotatable bonds is 4. The van der Waals surface area contributed by atoms with Gasteiger partial charge in [-0.15, -0.1) is 0 Å². The van der Waals surface area contributed by atoms with Crippen LogP contribution in [-0.2, 0) is 6.54 Å². The molecule has 1 unspecified atom stereocenters. The van der Waals surface area contributed by atoms with Crippen molar-refractivity contribution in [3.8, 4) is 5.75 Å². The van der Waals surface area contributed by atoms with E-state index in [2.05, 4.69) is 35.3 Å². The quantitative estimate of drug-likeness (QED) is 0.921. The van der Waals surface area contributed by atoms with E-state index in [1.807, 2.05) is 6.07 Å². The first-order valence-corrected chi connectivity index (χ1v) is 8.37. The molecule has 21 heavy (non-hydrogen) atoms. The van der Waals surface area contributed by atoms with Gasteiger partial charge in [0.15, 0.2) is 0 Å². The van der Waals surface area contributed by atoms with Gasteiger partial charge < -0.3 is 10.1 Å². The summed E-state index contributed by atoms with van der Waals surface area (Å²) in [5.41, 5.74) is 1.77. The molecule has 1 N–H and O–H groups in total. The number of ether oxygens (including phenoxy) is 1. The molecule has 1 aromatic rings. The number of benzene rings is 1. The first-order valence-electron chi connectivity index (χ1n) is 8.37. The van der Waals surface area contributed by atoms with Crippen LogP contribution < -0.4 is 10.1 Å². The zero-order chi connectivity index (χ0) is 14.7. The molecule has 1 spiro atoms. The number of hydrogen-bond donors (Lipinski definition) is 1. The molecule has 1 heterocycles. The summed E-state index contributed by atoms with van der Waals surface area (Å²) in [6.07, 6.45) is 6.67. The molecule has 2 aliphatic rings. The Labute approximate surface area is 128 Å². The van der Waals surface area contributed by atoms with Crippen molar-refractivity contribution in [1.29, 1.82) is 0 Å². The van der Waals surface area contributed by atoms with Crippen molar-refractivity contribution in [2.24, 2.45) is 0 Å². The first kappa shape index (κ1) is 14.9. The monoisotopic (exact) mass is 288 g/mol. The highest BCUT2D eigenvalue weighted by molar-refractivity contribution is 5.28. The summed E-state index contributed by atoms with van der Waals surface area (Å²) in [7, 11) is 1.75. The molecule has 3 rings (SSSR count). The lowest BCUT2D eigenvalue weighted by atomic mass is 9.90. The van der Waals surface area contributed by atoms with Gasteiger partial charge in [0.05, 0.1) is 7.11 Å². The molecule has 0 amide bonds. The summed E-state index contributed by atoms with van der Waals surface area (Å²) in [6, 6.07) is 9.19. The van der Waals surface area contributed by atoms with Crippen LogP contribution in [-0.4, -0.2) is 36.7 Å². The van der Waals surface area contributed by atoms with Crippen LogP contribution in [0.25, 0.3) is 0 Å². The van der Waals surface area contributed by atoms with E-state index in [1.165, 1.54) is 44.2 Å². The van der Waals surface area contributed by atoms with Crippen LogP contribution in [0.2, 0.25) is 0 Å². The summed E-state index contributed by atoms with van der Waals surface area (Å²) in [4.78, 5) is 2.75. The fraction of sp³-hybridized carbons (Fsp3) is 0.667. The lowest BCUT2D eigenvalue weighted by molar-refractivity contribution is 0.0349. The lowest BCUT2D eigenvalue weighted by Gasteiger charge is -2.48. The van der Waals surface area contributed by atoms with E-state index in [1.54, 1.807) is 7.11 Å². The predicted molar refractivity (Wildman–Crippen MR) is 86.7 cm³/mol. The molecule has 2 fully saturated rings. The maximum absolute atomic E-state index is 5.37. The summed E-state index contributed by atoms with van der Waals surface area (Å²) >= 11 is 0. The molecule has 0 aromatic heterocycles. The highest BCUT2D eigenvalue weighted by Gasteiger charge is 2.42. The Morgan fingerprint density at radius 2 is 2.14 bits per heavy atom. The summed E-state index contributed by atoms with van der Waals surface area (Å²) in [5, 5.41) is 3.77. The van der Waals surface area contributed by atoms with E-state index in [-0.39, 0.29) is 0 Å². The molecule has 1 aromatic carbocycles. The van der Waals surface area contributed by atoms with Gasteiger partial charge in [-0.05, 0) is 37.0 Å². The van der Waals surface area contributed by atoms with Crippen LogP contribution in [0.3, 0.4) is 0 Å². The van der Waals surface area contributed by atoms with E-state index in [0.29, 0.717) is 11.6 Å². The number of hydrogen-bond acceptors (Lipinski definition) is 3. The Hall–Kier alpha value is -1.06. The van der Waals surface area contributed by atoms with Crippen molar-refractivity contribution >= 4 is 0 Å². The van der Waals surface area contributed by atoms with E-state index < -0.39 is 0 Å². The zero-order valence-corrected chi connectivity index (χ0v) is 13.4. The minimum absolute atomic E-state index is 0.398. The van der Waals surface area contributed by atoms with Crippen LogP contribution in [0, 0.1) is 0 Å². The van der Waals surface area contributed by atoms with Crippen LogP contribution >= 0.6 is 0 Å². The Bertz CT molecular complexity index is 468. The first-order chi connectivity index (χ1) is 10.3. The largest absolute Gasteiger partial charge is 0.497 e. The van der Waals surface area contributed by atoms with E-state index >= 15 is 0 Å². The van der Waals surface area contributed by atoms with E-state index in [9.17, 15) is 0 Å².